The van der Waals surface area contributed by atoms with Crippen molar-refractivity contribution in [2.75, 3.05) is 0 Å². The largest absolute Gasteiger partial charge is 0.507 e. The average molecular weight is 206 g/mol. The minimum Gasteiger partial charge on any atom is -0.507 e. The van der Waals surface area contributed by atoms with Crippen molar-refractivity contribution < 1.29 is 10.0 Å². The molecule has 15 heavy (non-hydrogen) atoms. The Bertz CT molecular complexity index is 425. The van der Waals surface area contributed by atoms with E-state index in [9.17, 15) is 15.2 Å². The van der Waals surface area contributed by atoms with Gasteiger partial charge in [0.15, 0.2) is 0 Å². The fourth-order valence-electron chi connectivity index (χ4n) is 1.17. The zero-order chi connectivity index (χ0) is 10.8. The lowest BCUT2D eigenvalue weighted by Gasteiger charge is -1.98. The molecule has 1 aromatic rings. The second kappa shape index (κ2) is 3.68. The lowest BCUT2D eigenvalue weighted by molar-refractivity contribution is -0.384. The maximum absolute atomic E-state index is 10.5. The third-order valence-corrected chi connectivity index (χ3v) is 2.19. The second-order valence-corrected chi connectivity index (χ2v) is 3.51. The molecule has 1 aromatic carbocycles. The van der Waals surface area contributed by atoms with Crippen molar-refractivity contribution in [1.29, 1.82) is 0 Å². The highest BCUT2D eigenvalue weighted by atomic mass is 16.6. The lowest BCUT2D eigenvalue weighted by Crippen LogP contribution is -1.91. The van der Waals surface area contributed by atoms with Crippen molar-refractivity contribution in [2.45, 2.75) is 18.9 Å². The lowest BCUT2D eigenvalue weighted by atomic mass is 10.2. The van der Waals surface area contributed by atoms with Gasteiger partial charge >= 0.3 is 0 Å². The van der Waals surface area contributed by atoms with Crippen LogP contribution in [0.3, 0.4) is 0 Å². The Kier molecular flexibility index (Phi) is 2.37. The van der Waals surface area contributed by atoms with E-state index in [-0.39, 0.29) is 11.4 Å². The Morgan fingerprint density at radius 1 is 1.53 bits per heavy atom. The molecular weight excluding hydrogens is 196 g/mol. The molecule has 78 valence electrons. The molecule has 0 aliphatic heterocycles. The van der Waals surface area contributed by atoms with Crippen molar-refractivity contribution in [3.05, 3.63) is 33.9 Å². The predicted molar refractivity (Wildman–Crippen MR) is 55.4 cm³/mol. The van der Waals surface area contributed by atoms with Gasteiger partial charge in [0.05, 0.1) is 11.0 Å². The number of hydrogen-bond donors (Lipinski definition) is 1. The van der Waals surface area contributed by atoms with E-state index in [1.165, 1.54) is 24.4 Å². The van der Waals surface area contributed by atoms with Gasteiger partial charge in [0, 0.05) is 23.9 Å². The van der Waals surface area contributed by atoms with E-state index in [2.05, 4.69) is 4.99 Å². The number of phenols is 1. The van der Waals surface area contributed by atoms with Crippen LogP contribution in [0.2, 0.25) is 0 Å². The fraction of sp³-hybridized carbons (Fsp3) is 0.300. The Labute approximate surface area is 86.2 Å². The summed E-state index contributed by atoms with van der Waals surface area (Å²) < 4.78 is 0. The van der Waals surface area contributed by atoms with Crippen LogP contribution in [-0.4, -0.2) is 22.3 Å². The molecule has 0 unspecified atom stereocenters. The molecule has 0 saturated heterocycles. The number of aromatic hydroxyl groups is 1. The van der Waals surface area contributed by atoms with Crippen LogP contribution in [-0.2, 0) is 0 Å². The van der Waals surface area contributed by atoms with Crippen LogP contribution in [0.25, 0.3) is 0 Å². The van der Waals surface area contributed by atoms with E-state index in [4.69, 9.17) is 0 Å². The minimum absolute atomic E-state index is 0.0185. The second-order valence-electron chi connectivity index (χ2n) is 3.51. The Morgan fingerprint density at radius 2 is 2.27 bits per heavy atom. The summed E-state index contributed by atoms with van der Waals surface area (Å²) in [5, 5.41) is 19.9. The molecule has 1 saturated carbocycles. The summed E-state index contributed by atoms with van der Waals surface area (Å²) in [6.07, 6.45) is 3.62. The first-order valence-electron chi connectivity index (χ1n) is 4.67. The van der Waals surface area contributed by atoms with E-state index >= 15 is 0 Å². The molecule has 0 atom stereocenters. The molecule has 0 aromatic heterocycles. The third-order valence-electron chi connectivity index (χ3n) is 2.19. The van der Waals surface area contributed by atoms with Gasteiger partial charge in [0.25, 0.3) is 5.69 Å². The summed E-state index contributed by atoms with van der Waals surface area (Å²) in [6, 6.07) is 4.24. The number of phenolic OH excluding ortho intramolecular Hbond substituents is 1. The SMILES string of the molecule is O=[N+]([O-])c1ccc(O)c(/C=N/C2CC2)c1. The standard InChI is InChI=1S/C10H10N2O3/c13-10-4-3-9(12(14)15)5-7(10)6-11-8-1-2-8/h3-6,8,13H,1-2H2/b11-6+. The number of benzene rings is 1. The quantitative estimate of drug-likeness (QED) is 0.466. The van der Waals surface area contributed by atoms with Gasteiger partial charge < -0.3 is 5.11 Å². The van der Waals surface area contributed by atoms with Crippen molar-refractivity contribution >= 4 is 11.9 Å². The van der Waals surface area contributed by atoms with Crippen LogP contribution in [0.1, 0.15) is 18.4 Å². The van der Waals surface area contributed by atoms with Crippen LogP contribution < -0.4 is 0 Å². The Hall–Kier alpha value is -1.91. The average Bonchev–Trinajstić information content (AvgIpc) is 3.00. The number of hydrogen-bond acceptors (Lipinski definition) is 4. The van der Waals surface area contributed by atoms with Crippen molar-refractivity contribution in [1.82, 2.24) is 0 Å². The number of nitro groups is 1. The molecular formula is C10H10N2O3. The van der Waals surface area contributed by atoms with E-state index in [1.54, 1.807) is 0 Å². The molecule has 5 nitrogen and oxygen atoms in total. The van der Waals surface area contributed by atoms with E-state index in [0.717, 1.165) is 12.8 Å². The number of nitro benzene ring substituents is 1. The number of non-ortho nitro benzene ring substituents is 1. The van der Waals surface area contributed by atoms with Gasteiger partial charge in [0.1, 0.15) is 5.75 Å². The summed E-state index contributed by atoms with van der Waals surface area (Å²) in [6.45, 7) is 0. The van der Waals surface area contributed by atoms with E-state index in [1.807, 2.05) is 0 Å². The van der Waals surface area contributed by atoms with Crippen LogP contribution in [0.15, 0.2) is 23.2 Å². The summed E-state index contributed by atoms with van der Waals surface area (Å²) in [4.78, 5) is 14.2. The predicted octanol–water partition coefficient (Wildman–Crippen LogP) is 1.88. The molecule has 2 rings (SSSR count). The molecule has 5 heteroatoms. The molecule has 1 N–H and O–H groups in total. The zero-order valence-corrected chi connectivity index (χ0v) is 7.96. The number of aliphatic imine (C=N–C) groups is 1. The van der Waals surface area contributed by atoms with Crippen molar-refractivity contribution in [2.24, 2.45) is 4.99 Å². The first kappa shape index (κ1) is 9.64. The van der Waals surface area contributed by atoms with Crippen LogP contribution in [0.4, 0.5) is 5.69 Å². The smallest absolute Gasteiger partial charge is 0.270 e. The summed E-state index contributed by atoms with van der Waals surface area (Å²) in [7, 11) is 0. The molecule has 0 heterocycles. The maximum Gasteiger partial charge on any atom is 0.270 e. The molecule has 1 aliphatic rings. The molecule has 0 spiro atoms. The fourth-order valence-corrected chi connectivity index (χ4v) is 1.17. The van der Waals surface area contributed by atoms with Gasteiger partial charge in [0.2, 0.25) is 0 Å². The summed E-state index contributed by atoms with van der Waals surface area (Å²) in [5.41, 5.74) is 0.362. The zero-order valence-electron chi connectivity index (χ0n) is 7.96. The first-order chi connectivity index (χ1) is 7.16. The third kappa shape index (κ3) is 2.31. The monoisotopic (exact) mass is 206 g/mol. The molecule has 1 fully saturated rings. The summed E-state index contributed by atoms with van der Waals surface area (Å²) in [5.74, 6) is 0.0185. The first-order valence-corrected chi connectivity index (χ1v) is 4.67. The molecule has 1 aliphatic carbocycles. The van der Waals surface area contributed by atoms with Gasteiger partial charge in [-0.3, -0.25) is 15.1 Å². The molecule has 0 amide bonds. The maximum atomic E-state index is 10.5. The number of rotatable bonds is 3. The minimum atomic E-state index is -0.492. The molecule has 0 radical (unpaired) electrons. The van der Waals surface area contributed by atoms with Gasteiger partial charge in [-0.05, 0) is 18.9 Å². The highest BCUT2D eigenvalue weighted by Crippen LogP contribution is 2.25. The van der Waals surface area contributed by atoms with Gasteiger partial charge in [-0.1, -0.05) is 0 Å². The van der Waals surface area contributed by atoms with Crippen molar-refractivity contribution in [3.8, 4) is 5.75 Å². The Balaban J connectivity index is 2.27. The van der Waals surface area contributed by atoms with Crippen LogP contribution in [0.5, 0.6) is 5.75 Å². The van der Waals surface area contributed by atoms with Gasteiger partial charge in [-0.25, -0.2) is 0 Å². The number of nitrogens with zero attached hydrogens (tertiary/aromatic N) is 2. The highest BCUT2D eigenvalue weighted by molar-refractivity contribution is 5.84. The van der Waals surface area contributed by atoms with Gasteiger partial charge in [-0.15, -0.1) is 0 Å². The molecule has 0 bridgehead atoms. The summed E-state index contributed by atoms with van der Waals surface area (Å²) >= 11 is 0. The highest BCUT2D eigenvalue weighted by Gasteiger charge is 2.19. The van der Waals surface area contributed by atoms with Crippen LogP contribution in [0, 0.1) is 10.1 Å². The van der Waals surface area contributed by atoms with E-state index in [0.29, 0.717) is 11.6 Å². The normalized spacial score (nSPS) is 15.7. The van der Waals surface area contributed by atoms with Crippen LogP contribution >= 0.6 is 0 Å². The van der Waals surface area contributed by atoms with Crippen molar-refractivity contribution in [3.63, 3.8) is 0 Å². The topological polar surface area (TPSA) is 75.7 Å². The van der Waals surface area contributed by atoms with Gasteiger partial charge in [-0.2, -0.15) is 0 Å². The van der Waals surface area contributed by atoms with E-state index < -0.39 is 4.92 Å². The Morgan fingerprint density at radius 3 is 2.87 bits per heavy atom.